The molecule has 1 fully saturated rings. The molecule has 1 saturated carbocycles. The summed E-state index contributed by atoms with van der Waals surface area (Å²) in [6.07, 6.45) is 5.87. The fourth-order valence-electron chi connectivity index (χ4n) is 2.24. The van der Waals surface area contributed by atoms with Crippen LogP contribution in [0.5, 0.6) is 0 Å². The van der Waals surface area contributed by atoms with Gasteiger partial charge in [-0.2, -0.15) is 0 Å². The van der Waals surface area contributed by atoms with Crippen LogP contribution in [0, 0.1) is 0 Å². The van der Waals surface area contributed by atoms with Crippen LogP contribution in [0.2, 0.25) is 5.02 Å². The predicted molar refractivity (Wildman–Crippen MR) is 58.0 cm³/mol. The fourth-order valence-corrected chi connectivity index (χ4v) is 2.42. The normalized spacial score (nSPS) is 17.2. The number of aldehydes is 1. The maximum absolute atomic E-state index is 10.9. The summed E-state index contributed by atoms with van der Waals surface area (Å²) in [6, 6.07) is 5.55. The van der Waals surface area contributed by atoms with Crippen LogP contribution in [-0.4, -0.2) is 6.29 Å². The Labute approximate surface area is 89.1 Å². The lowest BCUT2D eigenvalue weighted by molar-refractivity contribution is 0.112. The molecule has 1 nitrogen and oxygen atoms in total. The van der Waals surface area contributed by atoms with E-state index in [0.717, 1.165) is 22.4 Å². The zero-order valence-electron chi connectivity index (χ0n) is 8.00. The minimum atomic E-state index is 0.550. The third kappa shape index (κ3) is 1.83. The molecule has 0 unspecified atom stereocenters. The lowest BCUT2D eigenvalue weighted by Crippen LogP contribution is -1.97. The number of hydrogen-bond acceptors (Lipinski definition) is 1. The van der Waals surface area contributed by atoms with Gasteiger partial charge < -0.3 is 0 Å². The molecule has 0 aromatic heterocycles. The van der Waals surface area contributed by atoms with Crippen molar-refractivity contribution in [3.8, 4) is 0 Å². The van der Waals surface area contributed by atoms with Crippen LogP contribution in [0.25, 0.3) is 0 Å². The molecule has 1 aliphatic rings. The van der Waals surface area contributed by atoms with Gasteiger partial charge in [-0.15, -0.1) is 0 Å². The Kier molecular flexibility index (Phi) is 2.87. The molecule has 0 bridgehead atoms. The topological polar surface area (TPSA) is 17.1 Å². The van der Waals surface area contributed by atoms with E-state index >= 15 is 0 Å². The summed E-state index contributed by atoms with van der Waals surface area (Å²) in [6.45, 7) is 0. The van der Waals surface area contributed by atoms with E-state index in [1.807, 2.05) is 12.1 Å². The van der Waals surface area contributed by atoms with Crippen molar-refractivity contribution in [3.63, 3.8) is 0 Å². The van der Waals surface area contributed by atoms with Crippen molar-refractivity contribution >= 4 is 17.9 Å². The molecule has 1 aromatic rings. The number of carbonyl (C=O) groups excluding carboxylic acids is 1. The summed E-state index contributed by atoms with van der Waals surface area (Å²) in [5.74, 6) is 0.550. The molecular weight excluding hydrogens is 196 g/mol. The molecule has 2 heteroatoms. The van der Waals surface area contributed by atoms with E-state index in [1.165, 1.54) is 25.7 Å². The Morgan fingerprint density at radius 2 is 2.00 bits per heavy atom. The van der Waals surface area contributed by atoms with E-state index < -0.39 is 0 Å². The highest BCUT2D eigenvalue weighted by molar-refractivity contribution is 6.30. The van der Waals surface area contributed by atoms with Gasteiger partial charge in [0, 0.05) is 10.6 Å². The number of halogens is 1. The van der Waals surface area contributed by atoms with Crippen LogP contribution in [0.4, 0.5) is 0 Å². The number of rotatable bonds is 2. The summed E-state index contributed by atoms with van der Waals surface area (Å²) in [5.41, 5.74) is 1.95. The van der Waals surface area contributed by atoms with Gasteiger partial charge in [0.25, 0.3) is 0 Å². The molecular formula is C12H13ClO. The van der Waals surface area contributed by atoms with Crippen molar-refractivity contribution in [1.29, 1.82) is 0 Å². The monoisotopic (exact) mass is 208 g/mol. The zero-order valence-corrected chi connectivity index (χ0v) is 8.76. The first-order valence-corrected chi connectivity index (χ1v) is 5.43. The molecule has 74 valence electrons. The van der Waals surface area contributed by atoms with E-state index in [-0.39, 0.29) is 0 Å². The maximum Gasteiger partial charge on any atom is 0.150 e. The first-order valence-electron chi connectivity index (χ1n) is 5.06. The quantitative estimate of drug-likeness (QED) is 0.676. The third-order valence-electron chi connectivity index (χ3n) is 2.97. The Morgan fingerprint density at radius 3 is 2.64 bits per heavy atom. The Balaban J connectivity index is 2.37. The largest absolute Gasteiger partial charge is 0.298 e. The van der Waals surface area contributed by atoms with Crippen LogP contribution in [0.15, 0.2) is 18.2 Å². The Hall–Kier alpha value is -0.820. The molecule has 0 radical (unpaired) electrons. The van der Waals surface area contributed by atoms with Crippen molar-refractivity contribution in [3.05, 3.63) is 34.3 Å². The molecule has 1 aromatic carbocycles. The van der Waals surface area contributed by atoms with E-state index in [9.17, 15) is 4.79 Å². The van der Waals surface area contributed by atoms with Gasteiger partial charge in [0.05, 0.1) is 0 Å². The molecule has 1 aliphatic carbocycles. The highest BCUT2D eigenvalue weighted by Gasteiger charge is 2.19. The smallest absolute Gasteiger partial charge is 0.150 e. The molecule has 0 amide bonds. The van der Waals surface area contributed by atoms with Crippen LogP contribution < -0.4 is 0 Å². The van der Waals surface area contributed by atoms with Crippen molar-refractivity contribution in [2.24, 2.45) is 0 Å². The number of benzene rings is 1. The van der Waals surface area contributed by atoms with E-state index in [0.29, 0.717) is 5.92 Å². The second-order valence-corrected chi connectivity index (χ2v) is 4.31. The van der Waals surface area contributed by atoms with Crippen molar-refractivity contribution in [2.45, 2.75) is 31.6 Å². The van der Waals surface area contributed by atoms with Crippen LogP contribution in [0.3, 0.4) is 0 Å². The number of hydrogen-bond donors (Lipinski definition) is 0. The van der Waals surface area contributed by atoms with Crippen molar-refractivity contribution in [1.82, 2.24) is 0 Å². The van der Waals surface area contributed by atoms with Crippen molar-refractivity contribution in [2.75, 3.05) is 0 Å². The minimum absolute atomic E-state index is 0.550. The van der Waals surface area contributed by atoms with Gasteiger partial charge in [0.15, 0.2) is 0 Å². The first-order chi connectivity index (χ1) is 6.81. The van der Waals surface area contributed by atoms with Gasteiger partial charge in [0.1, 0.15) is 6.29 Å². The second kappa shape index (κ2) is 4.14. The lowest BCUT2D eigenvalue weighted by Gasteiger charge is -2.12. The summed E-state index contributed by atoms with van der Waals surface area (Å²) in [4.78, 5) is 10.9. The second-order valence-electron chi connectivity index (χ2n) is 3.87. The minimum Gasteiger partial charge on any atom is -0.298 e. The van der Waals surface area contributed by atoms with Gasteiger partial charge in [0.2, 0.25) is 0 Å². The molecule has 0 saturated heterocycles. The third-order valence-corrected chi connectivity index (χ3v) is 3.21. The molecule has 14 heavy (non-hydrogen) atoms. The SMILES string of the molecule is O=Cc1ccc(Cl)cc1C1CCCC1. The van der Waals surface area contributed by atoms with E-state index in [1.54, 1.807) is 6.07 Å². The average molecular weight is 209 g/mol. The summed E-state index contributed by atoms with van der Waals surface area (Å²) in [7, 11) is 0. The molecule has 0 aliphatic heterocycles. The maximum atomic E-state index is 10.9. The Morgan fingerprint density at radius 1 is 1.29 bits per heavy atom. The number of carbonyl (C=O) groups is 1. The lowest BCUT2D eigenvalue weighted by atomic mass is 9.93. The van der Waals surface area contributed by atoms with E-state index in [2.05, 4.69) is 0 Å². The van der Waals surface area contributed by atoms with Gasteiger partial charge in [-0.05, 0) is 42.5 Å². The van der Waals surface area contributed by atoms with Crippen LogP contribution >= 0.6 is 11.6 Å². The summed E-state index contributed by atoms with van der Waals surface area (Å²) in [5, 5.41) is 0.734. The summed E-state index contributed by atoms with van der Waals surface area (Å²) >= 11 is 5.94. The van der Waals surface area contributed by atoms with Gasteiger partial charge >= 0.3 is 0 Å². The van der Waals surface area contributed by atoms with Gasteiger partial charge in [-0.25, -0.2) is 0 Å². The Bertz CT molecular complexity index is 340. The van der Waals surface area contributed by atoms with Gasteiger partial charge in [-0.3, -0.25) is 4.79 Å². The fraction of sp³-hybridized carbons (Fsp3) is 0.417. The zero-order chi connectivity index (χ0) is 9.97. The van der Waals surface area contributed by atoms with Crippen molar-refractivity contribution < 1.29 is 4.79 Å². The molecule has 2 rings (SSSR count). The standard InChI is InChI=1S/C12H13ClO/c13-11-6-5-10(8-14)12(7-11)9-3-1-2-4-9/h5-9H,1-4H2. The molecule has 0 atom stereocenters. The highest BCUT2D eigenvalue weighted by Crippen LogP contribution is 2.36. The highest BCUT2D eigenvalue weighted by atomic mass is 35.5. The summed E-state index contributed by atoms with van der Waals surface area (Å²) < 4.78 is 0. The molecule has 0 N–H and O–H groups in total. The predicted octanol–water partition coefficient (Wildman–Crippen LogP) is 3.81. The van der Waals surface area contributed by atoms with Gasteiger partial charge in [-0.1, -0.05) is 24.4 Å². The van der Waals surface area contributed by atoms with Crippen LogP contribution in [-0.2, 0) is 0 Å². The molecule has 0 heterocycles. The molecule has 0 spiro atoms. The van der Waals surface area contributed by atoms with E-state index in [4.69, 9.17) is 11.6 Å². The average Bonchev–Trinajstić information content (AvgIpc) is 2.70. The van der Waals surface area contributed by atoms with Crippen LogP contribution in [0.1, 0.15) is 47.5 Å². The first kappa shape index (κ1) is 9.72.